The molecule has 12 aromatic rings. The first kappa shape index (κ1) is 41.2. The van der Waals surface area contributed by atoms with Crippen molar-refractivity contribution in [3.8, 4) is 95.5 Å². The average molecular weight is 895 g/mol. The lowest BCUT2D eigenvalue weighted by Gasteiger charge is -2.21. The molecule has 0 saturated heterocycles. The van der Waals surface area contributed by atoms with Crippen LogP contribution in [0.3, 0.4) is 0 Å². The summed E-state index contributed by atoms with van der Waals surface area (Å²) < 4.78 is 2.28. The average Bonchev–Trinajstić information content (AvgIpc) is 3.87. The zero-order valence-electron chi connectivity index (χ0n) is 38.9. The number of rotatable bonds is 8. The lowest BCUT2D eigenvalue weighted by Crippen LogP contribution is -2.15. The lowest BCUT2D eigenvalue weighted by molar-refractivity contribution is 0.661. The quantitative estimate of drug-likeness (QED) is 0.153. The van der Waals surface area contributed by atoms with E-state index in [1.807, 2.05) is 0 Å². The van der Waals surface area contributed by atoms with Crippen molar-refractivity contribution < 1.29 is 0 Å². The molecule has 0 atom stereocenters. The maximum atomic E-state index is 5.47. The molecule has 70 heavy (non-hydrogen) atoms. The summed E-state index contributed by atoms with van der Waals surface area (Å²) in [6, 6.07) is 87.0. The smallest absolute Gasteiger partial charge is 0.238 e. The highest BCUT2D eigenvalue weighted by molar-refractivity contribution is 6.12. The molecule has 4 nitrogen and oxygen atoms in total. The van der Waals surface area contributed by atoms with Crippen LogP contribution in [0, 0.1) is 0 Å². The van der Waals surface area contributed by atoms with E-state index in [1.165, 1.54) is 44.5 Å². The van der Waals surface area contributed by atoms with Gasteiger partial charge in [0.25, 0.3) is 0 Å². The third kappa shape index (κ3) is 7.12. The van der Waals surface area contributed by atoms with Crippen molar-refractivity contribution in [2.45, 2.75) is 19.3 Å². The van der Waals surface area contributed by atoms with Crippen molar-refractivity contribution in [1.82, 2.24) is 19.5 Å². The Bertz CT molecular complexity index is 3790. The Morgan fingerprint density at radius 1 is 0.286 bits per heavy atom. The monoisotopic (exact) mass is 894 g/mol. The highest BCUT2D eigenvalue weighted by atomic mass is 15.2. The Morgan fingerprint density at radius 3 is 1.24 bits per heavy atom. The van der Waals surface area contributed by atoms with E-state index in [0.717, 1.165) is 66.3 Å². The van der Waals surface area contributed by atoms with Gasteiger partial charge in [-0.25, -0.2) is 4.98 Å². The Kier molecular flexibility index (Phi) is 9.81. The lowest BCUT2D eigenvalue weighted by atomic mass is 9.82. The largest absolute Gasteiger partial charge is 0.278 e. The van der Waals surface area contributed by atoms with Crippen molar-refractivity contribution >= 4 is 21.8 Å². The molecule has 2 aromatic heterocycles. The molecule has 330 valence electrons. The molecule has 0 amide bonds. The van der Waals surface area contributed by atoms with Gasteiger partial charge in [0.1, 0.15) is 0 Å². The first-order valence-corrected chi connectivity index (χ1v) is 24.0. The highest BCUT2D eigenvalue weighted by Crippen LogP contribution is 2.51. The second-order valence-corrected chi connectivity index (χ2v) is 18.9. The van der Waals surface area contributed by atoms with Crippen LogP contribution < -0.4 is 0 Å². The Morgan fingerprint density at radius 2 is 0.700 bits per heavy atom. The van der Waals surface area contributed by atoms with Crippen molar-refractivity contribution in [3.05, 3.63) is 254 Å². The summed E-state index contributed by atoms with van der Waals surface area (Å²) in [6.07, 6.45) is 0. The Balaban J connectivity index is 1.07. The van der Waals surface area contributed by atoms with Crippen LogP contribution in [-0.4, -0.2) is 19.5 Å². The second-order valence-electron chi connectivity index (χ2n) is 18.9. The Hall–Kier alpha value is -8.99. The molecule has 10 aromatic carbocycles. The van der Waals surface area contributed by atoms with E-state index in [2.05, 4.69) is 261 Å². The van der Waals surface area contributed by atoms with Crippen LogP contribution in [0.15, 0.2) is 243 Å². The zero-order valence-corrected chi connectivity index (χ0v) is 38.9. The summed E-state index contributed by atoms with van der Waals surface area (Å²) >= 11 is 0. The number of hydrogen-bond donors (Lipinski definition) is 0. The van der Waals surface area contributed by atoms with Gasteiger partial charge in [-0.2, -0.15) is 9.97 Å². The molecule has 0 spiro atoms. The molecular weight excluding hydrogens is 849 g/mol. The molecule has 2 heterocycles. The minimum absolute atomic E-state index is 0.219. The molecule has 0 saturated carbocycles. The summed E-state index contributed by atoms with van der Waals surface area (Å²) in [5, 5.41) is 2.27. The summed E-state index contributed by atoms with van der Waals surface area (Å²) in [7, 11) is 0. The molecule has 13 rings (SSSR count). The maximum Gasteiger partial charge on any atom is 0.238 e. The fraction of sp³-hybridized carbons (Fsp3) is 0.0455. The standard InChI is InChI=1S/C66H46N4/c1-66(2)59-32-16-15-31-55(59)56-41-58-57-40-49(54-38-52(45-23-11-5-12-24-45)37-53(39-54)46-25-13-6-14-26-46)33-34-61(57)70(62(58)42-60(56)66)65-68-63(50-29-17-27-47(35-50)43-19-7-3-8-20-43)67-64(69-65)51-30-18-28-48(36-51)44-21-9-4-10-22-44/h3-42H,1-2H3. The number of hydrogen-bond acceptors (Lipinski definition) is 3. The normalized spacial score (nSPS) is 12.5. The van der Waals surface area contributed by atoms with Crippen molar-refractivity contribution in [2.75, 3.05) is 0 Å². The fourth-order valence-electron chi connectivity index (χ4n) is 10.7. The molecule has 1 aliphatic carbocycles. The molecule has 0 aliphatic heterocycles. The number of aromatic nitrogens is 4. The number of benzene rings is 10. The van der Waals surface area contributed by atoms with Crippen LogP contribution in [0.5, 0.6) is 0 Å². The van der Waals surface area contributed by atoms with E-state index in [0.29, 0.717) is 17.6 Å². The van der Waals surface area contributed by atoms with Crippen LogP contribution in [0.4, 0.5) is 0 Å². The van der Waals surface area contributed by atoms with E-state index < -0.39 is 0 Å². The second kappa shape index (κ2) is 16.7. The summed E-state index contributed by atoms with van der Waals surface area (Å²) in [6.45, 7) is 4.69. The predicted octanol–water partition coefficient (Wildman–Crippen LogP) is 16.9. The van der Waals surface area contributed by atoms with Crippen LogP contribution in [0.2, 0.25) is 0 Å². The molecule has 1 aliphatic rings. The van der Waals surface area contributed by atoms with E-state index >= 15 is 0 Å². The number of fused-ring (bicyclic) bond motifs is 6. The molecule has 0 bridgehead atoms. The van der Waals surface area contributed by atoms with Gasteiger partial charge in [-0.05, 0) is 132 Å². The van der Waals surface area contributed by atoms with E-state index in [9.17, 15) is 0 Å². The van der Waals surface area contributed by atoms with E-state index in [1.54, 1.807) is 0 Å². The highest BCUT2D eigenvalue weighted by Gasteiger charge is 2.36. The van der Waals surface area contributed by atoms with Gasteiger partial charge in [-0.3, -0.25) is 4.57 Å². The Labute approximate surface area is 407 Å². The molecule has 0 N–H and O–H groups in total. The summed E-state index contributed by atoms with van der Waals surface area (Å²) in [5.74, 6) is 1.78. The van der Waals surface area contributed by atoms with Gasteiger partial charge in [0.05, 0.1) is 11.0 Å². The minimum Gasteiger partial charge on any atom is -0.278 e. The zero-order chi connectivity index (χ0) is 46.8. The number of nitrogens with zero attached hydrogens (tertiary/aromatic N) is 4. The van der Waals surface area contributed by atoms with Gasteiger partial charge in [0.15, 0.2) is 11.6 Å². The first-order valence-electron chi connectivity index (χ1n) is 24.0. The molecular formula is C66H46N4. The van der Waals surface area contributed by atoms with E-state index in [4.69, 9.17) is 15.0 Å². The van der Waals surface area contributed by atoms with Crippen LogP contribution >= 0.6 is 0 Å². The van der Waals surface area contributed by atoms with Gasteiger partial charge < -0.3 is 0 Å². The fourth-order valence-corrected chi connectivity index (χ4v) is 10.7. The topological polar surface area (TPSA) is 43.6 Å². The maximum absolute atomic E-state index is 5.47. The molecule has 0 radical (unpaired) electrons. The summed E-state index contributed by atoms with van der Waals surface area (Å²) in [5.41, 5.74) is 20.3. The molecule has 4 heteroatoms. The third-order valence-corrected chi connectivity index (χ3v) is 14.2. The third-order valence-electron chi connectivity index (χ3n) is 14.2. The van der Waals surface area contributed by atoms with Crippen molar-refractivity contribution in [3.63, 3.8) is 0 Å². The van der Waals surface area contributed by atoms with Crippen molar-refractivity contribution in [2.24, 2.45) is 0 Å². The SMILES string of the molecule is CC1(C)c2ccccc2-c2cc3c4cc(-c5cc(-c6ccccc6)cc(-c6ccccc6)c5)ccc4n(-c4nc(-c5cccc(-c6ccccc6)c5)nc(-c5cccc(-c6ccccc6)c5)n4)c3cc21. The molecule has 0 unspecified atom stereocenters. The van der Waals surface area contributed by atoms with Crippen LogP contribution in [0.1, 0.15) is 25.0 Å². The van der Waals surface area contributed by atoms with Crippen LogP contribution in [-0.2, 0) is 5.41 Å². The van der Waals surface area contributed by atoms with Gasteiger partial charge in [0.2, 0.25) is 5.95 Å². The minimum atomic E-state index is -0.219. The predicted molar refractivity (Wildman–Crippen MR) is 290 cm³/mol. The first-order chi connectivity index (χ1) is 34.4. The molecule has 0 fully saturated rings. The summed E-state index contributed by atoms with van der Waals surface area (Å²) in [4.78, 5) is 16.2. The van der Waals surface area contributed by atoms with Crippen LogP contribution in [0.25, 0.3) is 117 Å². The van der Waals surface area contributed by atoms with Gasteiger partial charge in [-0.15, -0.1) is 0 Å². The van der Waals surface area contributed by atoms with Gasteiger partial charge >= 0.3 is 0 Å². The van der Waals surface area contributed by atoms with Crippen molar-refractivity contribution in [1.29, 1.82) is 0 Å². The van der Waals surface area contributed by atoms with Gasteiger partial charge in [-0.1, -0.05) is 202 Å². The van der Waals surface area contributed by atoms with E-state index in [-0.39, 0.29) is 5.41 Å². The van der Waals surface area contributed by atoms with Gasteiger partial charge in [0, 0.05) is 27.3 Å².